The minimum atomic E-state index is -3.28. The summed E-state index contributed by atoms with van der Waals surface area (Å²) in [4.78, 5) is 0. The van der Waals surface area contributed by atoms with E-state index in [9.17, 15) is 8.42 Å². The first-order chi connectivity index (χ1) is 8.13. The molecule has 2 rings (SSSR count). The van der Waals surface area contributed by atoms with Crippen LogP contribution in [-0.2, 0) is 10.2 Å². The fraction of sp³-hybridized carbons (Fsp3) is 1.00. The molecule has 2 fully saturated rings. The summed E-state index contributed by atoms with van der Waals surface area (Å²) in [6, 6.07) is 0.0481. The highest BCUT2D eigenvalue weighted by molar-refractivity contribution is 7.87. The summed E-state index contributed by atoms with van der Waals surface area (Å²) >= 11 is 0. The number of nitrogens with two attached hydrogens (primary N) is 1. The number of hydrogen-bond acceptors (Lipinski definition) is 3. The maximum atomic E-state index is 12.2. The molecule has 0 radical (unpaired) electrons. The Kier molecular flexibility index (Phi) is 6.34. The summed E-state index contributed by atoms with van der Waals surface area (Å²) in [7, 11) is -3.28. The zero-order chi connectivity index (χ0) is 12.3. The van der Waals surface area contributed by atoms with E-state index >= 15 is 0 Å². The van der Waals surface area contributed by atoms with Gasteiger partial charge in [-0.3, -0.25) is 0 Å². The molecule has 0 amide bonds. The fourth-order valence-electron chi connectivity index (χ4n) is 2.85. The Labute approximate surface area is 116 Å². The standard InChI is InChI=1S/C11H23N3O2S.ClH/c12-9-10-5-4-6-11(10)13-17(15,16)14-7-2-1-3-8-14;/h10-11,13H,1-9,12H2;1H. The van der Waals surface area contributed by atoms with E-state index in [0.717, 1.165) is 38.5 Å². The van der Waals surface area contributed by atoms with Gasteiger partial charge in [0.25, 0.3) is 10.2 Å². The average Bonchev–Trinajstić information content (AvgIpc) is 2.77. The smallest absolute Gasteiger partial charge is 0.279 e. The maximum Gasteiger partial charge on any atom is 0.279 e. The quantitative estimate of drug-likeness (QED) is 0.808. The molecule has 1 saturated heterocycles. The summed E-state index contributed by atoms with van der Waals surface area (Å²) in [6.07, 6.45) is 6.15. The zero-order valence-electron chi connectivity index (χ0n) is 10.7. The van der Waals surface area contributed by atoms with Crippen molar-refractivity contribution in [1.82, 2.24) is 9.03 Å². The molecule has 2 aliphatic rings. The molecule has 18 heavy (non-hydrogen) atoms. The highest BCUT2D eigenvalue weighted by Crippen LogP contribution is 2.26. The molecule has 0 aromatic heterocycles. The second-order valence-corrected chi connectivity index (χ2v) is 6.82. The number of nitrogens with one attached hydrogen (secondary N) is 1. The molecule has 1 aliphatic heterocycles. The molecule has 5 nitrogen and oxygen atoms in total. The SMILES string of the molecule is Cl.NCC1CCCC1NS(=O)(=O)N1CCCCC1. The molecule has 0 aromatic carbocycles. The van der Waals surface area contributed by atoms with E-state index in [1.165, 1.54) is 0 Å². The van der Waals surface area contributed by atoms with Crippen molar-refractivity contribution < 1.29 is 8.42 Å². The molecule has 1 heterocycles. The monoisotopic (exact) mass is 297 g/mol. The molecular weight excluding hydrogens is 274 g/mol. The topological polar surface area (TPSA) is 75.4 Å². The van der Waals surface area contributed by atoms with Gasteiger partial charge in [-0.1, -0.05) is 12.8 Å². The summed E-state index contributed by atoms with van der Waals surface area (Å²) in [5, 5.41) is 0. The molecule has 0 aromatic rings. The minimum absolute atomic E-state index is 0. The first-order valence-electron chi connectivity index (χ1n) is 6.61. The predicted molar refractivity (Wildman–Crippen MR) is 74.9 cm³/mol. The fourth-order valence-corrected chi connectivity index (χ4v) is 4.43. The molecule has 3 N–H and O–H groups in total. The van der Waals surface area contributed by atoms with Crippen molar-refractivity contribution in [3.63, 3.8) is 0 Å². The Hall–Kier alpha value is 0.120. The summed E-state index contributed by atoms with van der Waals surface area (Å²) in [5.41, 5.74) is 5.67. The van der Waals surface area contributed by atoms with Gasteiger partial charge in [-0.25, -0.2) is 0 Å². The van der Waals surface area contributed by atoms with Gasteiger partial charge >= 0.3 is 0 Å². The Bertz CT molecular complexity index is 344. The average molecular weight is 298 g/mol. The van der Waals surface area contributed by atoms with E-state index in [0.29, 0.717) is 25.6 Å². The van der Waals surface area contributed by atoms with Gasteiger partial charge in [0, 0.05) is 19.1 Å². The van der Waals surface area contributed by atoms with Gasteiger partial charge in [-0.15, -0.1) is 12.4 Å². The summed E-state index contributed by atoms with van der Waals surface area (Å²) in [6.45, 7) is 1.90. The van der Waals surface area contributed by atoms with E-state index in [1.807, 2.05) is 0 Å². The van der Waals surface area contributed by atoms with Crippen LogP contribution in [0.2, 0.25) is 0 Å². The molecule has 1 aliphatic carbocycles. The van der Waals surface area contributed by atoms with Crippen molar-refractivity contribution >= 4 is 22.6 Å². The number of rotatable bonds is 4. The molecular formula is C11H24ClN3O2S. The highest BCUT2D eigenvalue weighted by atomic mass is 35.5. The molecule has 0 bridgehead atoms. The lowest BCUT2D eigenvalue weighted by Gasteiger charge is -2.29. The second kappa shape index (κ2) is 7.05. The molecule has 7 heteroatoms. The zero-order valence-corrected chi connectivity index (χ0v) is 12.3. The van der Waals surface area contributed by atoms with Gasteiger partial charge in [0.05, 0.1) is 0 Å². The van der Waals surface area contributed by atoms with Gasteiger partial charge in [0.2, 0.25) is 0 Å². The van der Waals surface area contributed by atoms with Crippen LogP contribution in [0, 0.1) is 5.92 Å². The third kappa shape index (κ3) is 3.81. The number of halogens is 1. The predicted octanol–water partition coefficient (Wildman–Crippen LogP) is 0.856. The van der Waals surface area contributed by atoms with Crippen molar-refractivity contribution in [2.24, 2.45) is 11.7 Å². The van der Waals surface area contributed by atoms with Crippen LogP contribution < -0.4 is 10.5 Å². The molecule has 1 saturated carbocycles. The van der Waals surface area contributed by atoms with E-state index in [1.54, 1.807) is 4.31 Å². The van der Waals surface area contributed by atoms with Crippen LogP contribution >= 0.6 is 12.4 Å². The van der Waals surface area contributed by atoms with E-state index < -0.39 is 10.2 Å². The van der Waals surface area contributed by atoms with Crippen LogP contribution in [0.4, 0.5) is 0 Å². The van der Waals surface area contributed by atoms with Crippen LogP contribution in [-0.4, -0.2) is 38.4 Å². The van der Waals surface area contributed by atoms with Crippen molar-refractivity contribution in [3.05, 3.63) is 0 Å². The largest absolute Gasteiger partial charge is 0.330 e. The van der Waals surface area contributed by atoms with Crippen molar-refractivity contribution in [2.75, 3.05) is 19.6 Å². The van der Waals surface area contributed by atoms with Gasteiger partial charge in [-0.05, 0) is 38.1 Å². The normalized spacial score (nSPS) is 30.1. The lowest BCUT2D eigenvalue weighted by molar-refractivity contribution is 0.333. The summed E-state index contributed by atoms with van der Waals surface area (Å²) in [5.74, 6) is 0.314. The van der Waals surface area contributed by atoms with Crippen molar-refractivity contribution in [1.29, 1.82) is 0 Å². The summed E-state index contributed by atoms with van der Waals surface area (Å²) < 4.78 is 28.8. The molecule has 0 spiro atoms. The first-order valence-corrected chi connectivity index (χ1v) is 8.05. The highest BCUT2D eigenvalue weighted by Gasteiger charge is 2.32. The number of piperidine rings is 1. The van der Waals surface area contributed by atoms with E-state index in [2.05, 4.69) is 4.72 Å². The lowest BCUT2D eigenvalue weighted by atomic mass is 10.1. The van der Waals surface area contributed by atoms with Crippen LogP contribution in [0.25, 0.3) is 0 Å². The third-order valence-electron chi connectivity index (χ3n) is 3.92. The Morgan fingerprint density at radius 2 is 1.78 bits per heavy atom. The van der Waals surface area contributed by atoms with Crippen molar-refractivity contribution in [2.45, 2.75) is 44.6 Å². The van der Waals surface area contributed by atoms with Gasteiger partial charge in [0.15, 0.2) is 0 Å². The van der Waals surface area contributed by atoms with Crippen molar-refractivity contribution in [3.8, 4) is 0 Å². The van der Waals surface area contributed by atoms with Crippen LogP contribution in [0.3, 0.4) is 0 Å². The van der Waals surface area contributed by atoms with E-state index in [-0.39, 0.29) is 18.4 Å². The lowest BCUT2D eigenvalue weighted by Crippen LogP contribution is -2.49. The Morgan fingerprint density at radius 3 is 2.39 bits per heavy atom. The third-order valence-corrected chi connectivity index (χ3v) is 5.56. The van der Waals surface area contributed by atoms with E-state index in [4.69, 9.17) is 5.73 Å². The van der Waals surface area contributed by atoms with Gasteiger partial charge < -0.3 is 5.73 Å². The minimum Gasteiger partial charge on any atom is -0.330 e. The Morgan fingerprint density at radius 1 is 1.11 bits per heavy atom. The molecule has 108 valence electrons. The van der Waals surface area contributed by atoms with Crippen LogP contribution in [0.1, 0.15) is 38.5 Å². The molecule has 2 unspecified atom stereocenters. The second-order valence-electron chi connectivity index (χ2n) is 5.12. The van der Waals surface area contributed by atoms with Gasteiger partial charge in [0.1, 0.15) is 0 Å². The maximum absolute atomic E-state index is 12.2. The molecule has 2 atom stereocenters. The Balaban J connectivity index is 0.00000162. The number of nitrogens with zero attached hydrogens (tertiary/aromatic N) is 1. The van der Waals surface area contributed by atoms with Crippen LogP contribution in [0.15, 0.2) is 0 Å². The number of hydrogen-bond donors (Lipinski definition) is 2. The first kappa shape index (κ1) is 16.2. The van der Waals surface area contributed by atoms with Gasteiger partial charge in [-0.2, -0.15) is 17.4 Å². The van der Waals surface area contributed by atoms with Crippen LogP contribution in [0.5, 0.6) is 0 Å².